The summed E-state index contributed by atoms with van der Waals surface area (Å²) in [6, 6.07) is 11.4. The van der Waals surface area contributed by atoms with Gasteiger partial charge in [-0.05, 0) is 43.9 Å². The number of fused-ring (bicyclic) bond motifs is 2. The zero-order valence-corrected chi connectivity index (χ0v) is 24.4. The SMILES string of the molecule is COc1cc(OC)c2c(COc3cccc4[nH]c(C(=O)NC5CCN(CCN6CCC(O)CC6)CC5)cc34)coc2c1. The van der Waals surface area contributed by atoms with Crippen molar-refractivity contribution in [2.75, 3.05) is 53.5 Å². The molecule has 0 bridgehead atoms. The van der Waals surface area contributed by atoms with Crippen molar-refractivity contribution in [3.63, 3.8) is 0 Å². The highest BCUT2D eigenvalue weighted by Gasteiger charge is 2.24. The van der Waals surface area contributed by atoms with Gasteiger partial charge in [0.15, 0.2) is 0 Å². The summed E-state index contributed by atoms with van der Waals surface area (Å²) in [7, 11) is 3.22. The first-order valence-electron chi connectivity index (χ1n) is 14.8. The Morgan fingerprint density at radius 3 is 2.45 bits per heavy atom. The number of hydrogen-bond donors (Lipinski definition) is 3. The van der Waals surface area contributed by atoms with E-state index in [4.69, 9.17) is 18.6 Å². The van der Waals surface area contributed by atoms with Crippen molar-refractivity contribution in [3.8, 4) is 17.2 Å². The number of ether oxygens (including phenoxy) is 3. The third-order valence-corrected chi connectivity index (χ3v) is 8.61. The van der Waals surface area contributed by atoms with E-state index in [1.165, 1.54) is 0 Å². The largest absolute Gasteiger partial charge is 0.496 e. The number of nitrogens with zero attached hydrogens (tertiary/aromatic N) is 2. The molecule has 2 aliphatic rings. The maximum atomic E-state index is 13.2. The number of aliphatic hydroxyl groups excluding tert-OH is 1. The molecule has 10 heteroatoms. The Morgan fingerprint density at radius 1 is 1.00 bits per heavy atom. The van der Waals surface area contributed by atoms with Gasteiger partial charge >= 0.3 is 0 Å². The van der Waals surface area contributed by atoms with Crippen molar-refractivity contribution < 1.29 is 28.5 Å². The van der Waals surface area contributed by atoms with Crippen LogP contribution >= 0.6 is 0 Å². The topological polar surface area (TPSA) is 112 Å². The zero-order valence-electron chi connectivity index (χ0n) is 24.4. The lowest BCUT2D eigenvalue weighted by Crippen LogP contribution is -2.47. The first-order chi connectivity index (χ1) is 20.5. The van der Waals surface area contributed by atoms with Crippen molar-refractivity contribution >= 4 is 27.8 Å². The highest BCUT2D eigenvalue weighted by Crippen LogP contribution is 2.36. The number of carbonyl (C=O) groups is 1. The van der Waals surface area contributed by atoms with E-state index in [0.717, 1.165) is 86.8 Å². The number of aliphatic hydroxyl groups is 1. The van der Waals surface area contributed by atoms with Gasteiger partial charge in [-0.25, -0.2) is 0 Å². The fraction of sp³-hybridized carbons (Fsp3) is 0.469. The van der Waals surface area contributed by atoms with Crippen LogP contribution in [-0.2, 0) is 6.61 Å². The number of likely N-dealkylation sites (tertiary alicyclic amines) is 2. The quantitative estimate of drug-likeness (QED) is 0.258. The fourth-order valence-electron chi connectivity index (χ4n) is 6.07. The van der Waals surface area contributed by atoms with Crippen molar-refractivity contribution in [1.29, 1.82) is 0 Å². The summed E-state index contributed by atoms with van der Waals surface area (Å²) in [6.07, 6.45) is 5.17. The number of aromatic amines is 1. The third-order valence-electron chi connectivity index (χ3n) is 8.61. The van der Waals surface area contributed by atoms with Crippen molar-refractivity contribution in [1.82, 2.24) is 20.1 Å². The molecule has 2 saturated heterocycles. The lowest BCUT2D eigenvalue weighted by atomic mass is 10.0. The minimum absolute atomic E-state index is 0.0954. The first kappa shape index (κ1) is 28.4. The van der Waals surface area contributed by atoms with Crippen LogP contribution in [0, 0.1) is 0 Å². The number of carbonyl (C=O) groups excluding carboxylic acids is 1. The average molecular weight is 577 g/mol. The van der Waals surface area contributed by atoms with Crippen molar-refractivity contribution in [2.24, 2.45) is 0 Å². The summed E-state index contributed by atoms with van der Waals surface area (Å²) in [4.78, 5) is 21.4. The van der Waals surface area contributed by atoms with Crippen LogP contribution < -0.4 is 19.5 Å². The molecule has 0 aliphatic carbocycles. The lowest BCUT2D eigenvalue weighted by Gasteiger charge is -2.35. The second-order valence-electron chi connectivity index (χ2n) is 11.3. The summed E-state index contributed by atoms with van der Waals surface area (Å²) in [5.41, 5.74) is 2.89. The Kier molecular flexibility index (Phi) is 8.55. The molecule has 0 radical (unpaired) electrons. The number of amides is 1. The smallest absolute Gasteiger partial charge is 0.267 e. The van der Waals surface area contributed by atoms with Crippen LogP contribution in [-0.4, -0.2) is 91.4 Å². The molecule has 6 rings (SSSR count). The van der Waals surface area contributed by atoms with Gasteiger partial charge in [0.05, 0.1) is 32.0 Å². The molecular weight excluding hydrogens is 536 g/mol. The van der Waals surface area contributed by atoms with E-state index in [2.05, 4.69) is 20.1 Å². The van der Waals surface area contributed by atoms with Crippen molar-refractivity contribution in [2.45, 2.75) is 44.4 Å². The number of rotatable bonds is 10. The summed E-state index contributed by atoms with van der Waals surface area (Å²) in [5.74, 6) is 1.90. The van der Waals surface area contributed by atoms with Gasteiger partial charge in [-0.15, -0.1) is 0 Å². The summed E-state index contributed by atoms with van der Waals surface area (Å²) in [6.45, 7) is 6.28. The van der Waals surface area contributed by atoms with Gasteiger partial charge in [-0.2, -0.15) is 0 Å². The molecule has 2 fully saturated rings. The highest BCUT2D eigenvalue weighted by atomic mass is 16.5. The monoisotopic (exact) mass is 576 g/mol. The fourth-order valence-corrected chi connectivity index (χ4v) is 6.07. The minimum atomic E-state index is -0.130. The maximum Gasteiger partial charge on any atom is 0.267 e. The van der Waals surface area contributed by atoms with Crippen LogP contribution in [0.4, 0.5) is 0 Å². The molecular formula is C32H40N4O6. The number of aromatic nitrogens is 1. The van der Waals surface area contributed by atoms with E-state index < -0.39 is 0 Å². The third kappa shape index (κ3) is 6.21. The van der Waals surface area contributed by atoms with Gasteiger partial charge in [-0.1, -0.05) is 6.07 Å². The van der Waals surface area contributed by atoms with E-state index in [9.17, 15) is 9.90 Å². The molecule has 10 nitrogen and oxygen atoms in total. The van der Waals surface area contributed by atoms with E-state index >= 15 is 0 Å². The number of benzene rings is 2. The predicted molar refractivity (Wildman–Crippen MR) is 161 cm³/mol. The number of piperidine rings is 2. The zero-order chi connectivity index (χ0) is 29.1. The molecule has 2 aromatic carbocycles. The van der Waals surface area contributed by atoms with E-state index in [0.29, 0.717) is 28.5 Å². The summed E-state index contributed by atoms with van der Waals surface area (Å²) in [5, 5.41) is 14.6. The Balaban J connectivity index is 1.05. The Hall–Kier alpha value is -3.73. The van der Waals surface area contributed by atoms with Gasteiger partial charge in [0.1, 0.15) is 35.1 Å². The molecule has 0 saturated carbocycles. The van der Waals surface area contributed by atoms with Gasteiger partial charge < -0.3 is 43.8 Å². The van der Waals surface area contributed by atoms with E-state index in [1.54, 1.807) is 20.5 Å². The molecule has 1 amide bonds. The molecule has 0 spiro atoms. The molecule has 3 N–H and O–H groups in total. The standard InChI is InChI=1S/C32H40N4O6/c1-39-24-16-29(40-2)31-21(20-42-30(31)17-24)19-41-28-5-3-4-26-25(28)18-27(34-26)32(38)33-22-6-10-35(11-7-22)14-15-36-12-8-23(37)9-13-36/h3-5,16-18,20,22-23,34,37H,6-15,19H2,1-2H3,(H,33,38). The van der Waals surface area contributed by atoms with Crippen LogP contribution in [0.15, 0.2) is 47.1 Å². The van der Waals surface area contributed by atoms with Crippen LogP contribution in [0.2, 0.25) is 0 Å². The summed E-state index contributed by atoms with van der Waals surface area (Å²) < 4.78 is 22.9. The second kappa shape index (κ2) is 12.6. The van der Waals surface area contributed by atoms with Gasteiger partial charge in [0.25, 0.3) is 5.91 Å². The molecule has 224 valence electrons. The normalized spacial score (nSPS) is 17.6. The van der Waals surface area contributed by atoms with Gasteiger partial charge in [0.2, 0.25) is 0 Å². The second-order valence-corrected chi connectivity index (χ2v) is 11.3. The van der Waals surface area contributed by atoms with Crippen LogP contribution in [0.5, 0.6) is 17.2 Å². The molecule has 0 unspecified atom stereocenters. The molecule has 4 heterocycles. The van der Waals surface area contributed by atoms with E-state index in [1.807, 2.05) is 36.4 Å². The Morgan fingerprint density at radius 2 is 1.74 bits per heavy atom. The number of hydrogen-bond acceptors (Lipinski definition) is 8. The maximum absolute atomic E-state index is 13.2. The number of nitrogens with one attached hydrogen (secondary N) is 2. The minimum Gasteiger partial charge on any atom is -0.496 e. The number of furan rings is 1. The number of H-pyrrole nitrogens is 1. The highest BCUT2D eigenvalue weighted by molar-refractivity contribution is 5.99. The van der Waals surface area contributed by atoms with Crippen LogP contribution in [0.3, 0.4) is 0 Å². The predicted octanol–water partition coefficient (Wildman–Crippen LogP) is 4.16. The van der Waals surface area contributed by atoms with Crippen LogP contribution in [0.1, 0.15) is 41.7 Å². The Labute approximate surface area is 245 Å². The Bertz CT molecular complexity index is 1510. The average Bonchev–Trinajstić information content (AvgIpc) is 3.65. The van der Waals surface area contributed by atoms with Crippen LogP contribution in [0.25, 0.3) is 21.9 Å². The van der Waals surface area contributed by atoms with E-state index in [-0.39, 0.29) is 24.7 Å². The van der Waals surface area contributed by atoms with Gasteiger partial charge in [0, 0.05) is 73.9 Å². The summed E-state index contributed by atoms with van der Waals surface area (Å²) >= 11 is 0. The molecule has 2 aromatic heterocycles. The lowest BCUT2D eigenvalue weighted by molar-refractivity contribution is 0.0729. The van der Waals surface area contributed by atoms with Crippen molar-refractivity contribution in [3.05, 3.63) is 53.9 Å². The molecule has 4 aromatic rings. The number of methoxy groups -OCH3 is 2. The molecule has 42 heavy (non-hydrogen) atoms. The van der Waals surface area contributed by atoms with Gasteiger partial charge in [-0.3, -0.25) is 4.79 Å². The molecule has 0 atom stereocenters. The first-order valence-corrected chi connectivity index (χ1v) is 14.8. The molecule has 2 aliphatic heterocycles.